The van der Waals surface area contributed by atoms with Gasteiger partial charge < -0.3 is 15.4 Å². The molecule has 0 fully saturated rings. The molecule has 0 aliphatic rings. The maximum atomic E-state index is 12.4. The summed E-state index contributed by atoms with van der Waals surface area (Å²) in [5.41, 5.74) is 3.66. The van der Waals surface area contributed by atoms with Crippen molar-refractivity contribution in [2.45, 2.75) is 34.6 Å². The van der Waals surface area contributed by atoms with Crippen molar-refractivity contribution in [3.05, 3.63) is 45.3 Å². The van der Waals surface area contributed by atoms with Crippen LogP contribution in [0.5, 0.6) is 0 Å². The lowest BCUT2D eigenvalue weighted by Crippen LogP contribution is -2.22. The quantitative estimate of drug-likeness (QED) is 0.781. The van der Waals surface area contributed by atoms with Crippen molar-refractivity contribution in [2.24, 2.45) is 0 Å². The van der Waals surface area contributed by atoms with E-state index in [0.717, 1.165) is 21.6 Å². The lowest BCUT2D eigenvalue weighted by molar-refractivity contribution is -0.119. The molecule has 0 bridgehead atoms. The number of aryl methyl sites for hydroxylation is 3. The molecule has 2 amide bonds. The summed E-state index contributed by atoms with van der Waals surface area (Å²) in [7, 11) is 0. The first kappa shape index (κ1) is 19.7. The molecule has 0 atom stereocenters. The predicted molar refractivity (Wildman–Crippen MR) is 103 cm³/mol. The zero-order valence-electron chi connectivity index (χ0n) is 15.5. The molecule has 1 aromatic carbocycles. The Morgan fingerprint density at radius 3 is 2.42 bits per heavy atom. The average molecular weight is 374 g/mol. The molecule has 138 valence electrons. The molecular formula is C19H22N2O4S. The molecule has 2 rings (SSSR count). The third kappa shape index (κ3) is 4.70. The zero-order chi connectivity index (χ0) is 19.4. The third-order valence-corrected chi connectivity index (χ3v) is 5.00. The second-order valence-electron chi connectivity index (χ2n) is 6.11. The molecule has 0 saturated carbocycles. The summed E-state index contributed by atoms with van der Waals surface area (Å²) in [5.74, 6) is -1.32. The Morgan fingerprint density at radius 1 is 1.08 bits per heavy atom. The zero-order valence-corrected chi connectivity index (χ0v) is 16.3. The van der Waals surface area contributed by atoms with Crippen molar-refractivity contribution in [1.29, 1.82) is 0 Å². The monoisotopic (exact) mass is 374 g/mol. The Bertz CT molecular complexity index is 871. The number of ether oxygens (including phenoxy) is 1. The van der Waals surface area contributed by atoms with Crippen LogP contribution in [-0.4, -0.2) is 24.4 Å². The minimum absolute atomic E-state index is 0.270. The van der Waals surface area contributed by atoms with E-state index < -0.39 is 18.5 Å². The minimum Gasteiger partial charge on any atom is -0.452 e. The molecule has 0 radical (unpaired) electrons. The van der Waals surface area contributed by atoms with Gasteiger partial charge in [0.05, 0.1) is 5.56 Å². The number of thiophene rings is 1. The summed E-state index contributed by atoms with van der Waals surface area (Å²) in [5, 5.41) is 5.81. The number of carbonyl (C=O) groups is 3. The number of benzene rings is 1. The Labute approximate surface area is 156 Å². The van der Waals surface area contributed by atoms with Gasteiger partial charge in [-0.3, -0.25) is 9.59 Å². The fourth-order valence-electron chi connectivity index (χ4n) is 2.38. The van der Waals surface area contributed by atoms with Crippen molar-refractivity contribution in [3.63, 3.8) is 0 Å². The normalized spacial score (nSPS) is 10.3. The maximum Gasteiger partial charge on any atom is 0.341 e. The molecule has 0 unspecified atom stereocenters. The number of rotatable bonds is 5. The molecule has 1 heterocycles. The molecular weight excluding hydrogens is 352 g/mol. The Morgan fingerprint density at radius 2 is 1.77 bits per heavy atom. The van der Waals surface area contributed by atoms with E-state index in [-0.39, 0.29) is 5.91 Å². The Hall–Kier alpha value is -2.67. The number of hydrogen-bond donors (Lipinski definition) is 2. The van der Waals surface area contributed by atoms with Crippen molar-refractivity contribution < 1.29 is 19.1 Å². The summed E-state index contributed by atoms with van der Waals surface area (Å²) in [6, 6.07) is 5.72. The van der Waals surface area contributed by atoms with Gasteiger partial charge in [-0.05, 0) is 50.5 Å². The summed E-state index contributed by atoms with van der Waals surface area (Å²) in [6.07, 6.45) is 0. The number of amides is 2. The van der Waals surface area contributed by atoms with Gasteiger partial charge in [0, 0.05) is 17.5 Å². The van der Waals surface area contributed by atoms with Crippen LogP contribution < -0.4 is 10.6 Å². The van der Waals surface area contributed by atoms with Crippen LogP contribution in [0, 0.1) is 27.7 Å². The van der Waals surface area contributed by atoms with Crippen LogP contribution in [0.3, 0.4) is 0 Å². The van der Waals surface area contributed by atoms with Gasteiger partial charge in [-0.25, -0.2) is 4.79 Å². The second kappa shape index (κ2) is 8.14. The number of esters is 1. The number of anilines is 2. The van der Waals surface area contributed by atoms with Crippen LogP contribution in [0.4, 0.5) is 10.7 Å². The molecule has 7 heteroatoms. The Balaban J connectivity index is 2.05. The maximum absolute atomic E-state index is 12.4. The van der Waals surface area contributed by atoms with Crippen LogP contribution in [0.25, 0.3) is 0 Å². The van der Waals surface area contributed by atoms with Crippen molar-refractivity contribution >= 4 is 39.8 Å². The smallest absolute Gasteiger partial charge is 0.341 e. The van der Waals surface area contributed by atoms with E-state index >= 15 is 0 Å². The van der Waals surface area contributed by atoms with E-state index in [2.05, 4.69) is 10.6 Å². The molecule has 0 spiro atoms. The molecule has 0 aliphatic carbocycles. The molecule has 26 heavy (non-hydrogen) atoms. The van der Waals surface area contributed by atoms with E-state index in [1.165, 1.54) is 18.3 Å². The number of hydrogen-bond acceptors (Lipinski definition) is 5. The van der Waals surface area contributed by atoms with Gasteiger partial charge in [0.1, 0.15) is 5.00 Å². The fourth-order valence-corrected chi connectivity index (χ4v) is 3.48. The summed E-state index contributed by atoms with van der Waals surface area (Å²) < 4.78 is 5.15. The van der Waals surface area contributed by atoms with Gasteiger partial charge in [-0.15, -0.1) is 11.3 Å². The molecule has 0 aliphatic heterocycles. The third-order valence-electron chi connectivity index (χ3n) is 3.88. The Kier molecular flexibility index (Phi) is 6.15. The highest BCUT2D eigenvalue weighted by Crippen LogP contribution is 2.33. The summed E-state index contributed by atoms with van der Waals surface area (Å²) >= 11 is 1.30. The number of nitrogens with one attached hydrogen (secondary N) is 2. The van der Waals surface area contributed by atoms with E-state index in [4.69, 9.17) is 4.74 Å². The van der Waals surface area contributed by atoms with Gasteiger partial charge >= 0.3 is 5.97 Å². The van der Waals surface area contributed by atoms with E-state index in [0.29, 0.717) is 16.3 Å². The first-order chi connectivity index (χ1) is 12.2. The lowest BCUT2D eigenvalue weighted by Gasteiger charge is -2.10. The van der Waals surface area contributed by atoms with Gasteiger partial charge in [0.15, 0.2) is 6.61 Å². The van der Waals surface area contributed by atoms with Gasteiger partial charge in [0.25, 0.3) is 5.91 Å². The first-order valence-corrected chi connectivity index (χ1v) is 8.92. The topological polar surface area (TPSA) is 84.5 Å². The molecule has 2 aromatic rings. The summed E-state index contributed by atoms with van der Waals surface area (Å²) in [6.45, 7) is 8.43. The van der Waals surface area contributed by atoms with Crippen LogP contribution in [0.15, 0.2) is 18.2 Å². The molecule has 0 saturated heterocycles. The lowest BCUT2D eigenvalue weighted by atomic mass is 10.1. The van der Waals surface area contributed by atoms with Gasteiger partial charge in [0.2, 0.25) is 5.91 Å². The average Bonchev–Trinajstić information content (AvgIpc) is 2.82. The molecule has 1 aromatic heterocycles. The van der Waals surface area contributed by atoms with Crippen molar-refractivity contribution in [2.75, 3.05) is 17.2 Å². The van der Waals surface area contributed by atoms with E-state index in [1.807, 2.05) is 39.0 Å². The van der Waals surface area contributed by atoms with Crippen LogP contribution in [0.2, 0.25) is 0 Å². The standard InChI is InChI=1S/C19H22N2O4S/c1-10-6-7-11(2)15(8-10)21-16(23)9-25-19(24)17-12(3)13(4)26-18(17)20-14(5)22/h6-8H,9H2,1-5H3,(H,20,22)(H,21,23). The first-order valence-electron chi connectivity index (χ1n) is 8.11. The SMILES string of the molecule is CC(=O)Nc1sc(C)c(C)c1C(=O)OCC(=O)Nc1cc(C)ccc1C. The van der Waals surface area contributed by atoms with Crippen LogP contribution in [0.1, 0.15) is 38.8 Å². The van der Waals surface area contributed by atoms with Gasteiger partial charge in [-0.2, -0.15) is 0 Å². The second-order valence-corrected chi connectivity index (χ2v) is 7.34. The van der Waals surface area contributed by atoms with E-state index in [9.17, 15) is 14.4 Å². The number of carbonyl (C=O) groups excluding carboxylic acids is 3. The van der Waals surface area contributed by atoms with E-state index in [1.54, 1.807) is 6.92 Å². The minimum atomic E-state index is -0.633. The largest absolute Gasteiger partial charge is 0.452 e. The highest BCUT2D eigenvalue weighted by molar-refractivity contribution is 7.16. The predicted octanol–water partition coefficient (Wildman–Crippen LogP) is 3.74. The van der Waals surface area contributed by atoms with Gasteiger partial charge in [-0.1, -0.05) is 12.1 Å². The highest BCUT2D eigenvalue weighted by Gasteiger charge is 2.22. The highest BCUT2D eigenvalue weighted by atomic mass is 32.1. The van der Waals surface area contributed by atoms with Crippen molar-refractivity contribution in [1.82, 2.24) is 0 Å². The molecule has 2 N–H and O–H groups in total. The summed E-state index contributed by atoms with van der Waals surface area (Å²) in [4.78, 5) is 36.7. The molecule has 6 nitrogen and oxygen atoms in total. The van der Waals surface area contributed by atoms with Crippen LogP contribution in [-0.2, 0) is 14.3 Å². The van der Waals surface area contributed by atoms with Crippen molar-refractivity contribution in [3.8, 4) is 0 Å². The van der Waals surface area contributed by atoms with Crippen LogP contribution >= 0.6 is 11.3 Å². The fraction of sp³-hybridized carbons (Fsp3) is 0.316.